The van der Waals surface area contributed by atoms with E-state index < -0.39 is 6.61 Å². The standard InChI is InChI=1S/C25H23ClF2N2O4/c1-30(14-16-8-11-21(34-25(27)28)22(12-16)33-2)15-23(31)29-20-10-9-18(26)13-19(20)24(32)17-6-4-3-5-7-17/h3-13,25H,14-15H2,1-2H3,(H,29,31)/p+1. The Kier molecular flexibility index (Phi) is 8.56. The highest BCUT2D eigenvalue weighted by Gasteiger charge is 2.19. The second-order valence-corrected chi connectivity index (χ2v) is 8.04. The van der Waals surface area contributed by atoms with Crippen LogP contribution in [0.25, 0.3) is 0 Å². The molecule has 0 aliphatic carbocycles. The lowest BCUT2D eigenvalue weighted by atomic mass is 10.0. The number of alkyl halides is 2. The monoisotopic (exact) mass is 489 g/mol. The summed E-state index contributed by atoms with van der Waals surface area (Å²) in [5, 5.41) is 3.17. The third-order valence-electron chi connectivity index (χ3n) is 4.95. The summed E-state index contributed by atoms with van der Waals surface area (Å²) in [6.07, 6.45) is 0. The van der Waals surface area contributed by atoms with Crippen molar-refractivity contribution in [3.05, 3.63) is 88.4 Å². The number of nitrogens with one attached hydrogen (secondary N) is 2. The molecule has 6 nitrogen and oxygen atoms in total. The first-order chi connectivity index (χ1) is 16.3. The first-order valence-electron chi connectivity index (χ1n) is 10.4. The molecule has 0 radical (unpaired) electrons. The average Bonchev–Trinajstić information content (AvgIpc) is 2.80. The molecule has 0 aliphatic rings. The number of quaternary nitrogens is 1. The summed E-state index contributed by atoms with van der Waals surface area (Å²) in [7, 11) is 3.18. The fraction of sp³-hybridized carbons (Fsp3) is 0.200. The van der Waals surface area contributed by atoms with Crippen LogP contribution in [-0.4, -0.2) is 39.0 Å². The molecular formula is C25H24ClF2N2O4+. The number of anilines is 1. The first kappa shape index (κ1) is 25.1. The molecule has 178 valence electrons. The third-order valence-corrected chi connectivity index (χ3v) is 5.18. The van der Waals surface area contributed by atoms with Gasteiger partial charge in [-0.2, -0.15) is 8.78 Å². The minimum absolute atomic E-state index is 0.0602. The van der Waals surface area contributed by atoms with Crippen LogP contribution in [0, 0.1) is 0 Å². The van der Waals surface area contributed by atoms with Crippen molar-refractivity contribution in [2.45, 2.75) is 13.2 Å². The average molecular weight is 490 g/mol. The zero-order valence-corrected chi connectivity index (χ0v) is 19.4. The number of ketones is 1. The van der Waals surface area contributed by atoms with Crippen LogP contribution in [0.15, 0.2) is 66.7 Å². The van der Waals surface area contributed by atoms with Gasteiger partial charge in [0.15, 0.2) is 23.8 Å². The van der Waals surface area contributed by atoms with Crippen LogP contribution in [0.1, 0.15) is 21.5 Å². The van der Waals surface area contributed by atoms with Crippen molar-refractivity contribution in [3.63, 3.8) is 0 Å². The van der Waals surface area contributed by atoms with Gasteiger partial charge >= 0.3 is 6.61 Å². The molecule has 1 amide bonds. The molecule has 3 rings (SSSR count). The van der Waals surface area contributed by atoms with Gasteiger partial charge in [0.05, 0.1) is 19.8 Å². The summed E-state index contributed by atoms with van der Waals surface area (Å²) in [6.45, 7) is -2.43. The largest absolute Gasteiger partial charge is 0.493 e. The SMILES string of the molecule is COc1cc(C[NH+](C)CC(=O)Nc2ccc(Cl)cc2C(=O)c2ccccc2)ccc1OC(F)F. The fourth-order valence-electron chi connectivity index (χ4n) is 3.45. The van der Waals surface area contributed by atoms with Crippen LogP contribution in [-0.2, 0) is 11.3 Å². The highest BCUT2D eigenvalue weighted by molar-refractivity contribution is 6.31. The molecule has 1 unspecified atom stereocenters. The molecule has 9 heteroatoms. The number of methoxy groups -OCH3 is 1. The summed E-state index contributed by atoms with van der Waals surface area (Å²) in [5.74, 6) is -0.431. The van der Waals surface area contributed by atoms with Gasteiger partial charge in [-0.3, -0.25) is 9.59 Å². The molecule has 0 spiro atoms. The van der Waals surface area contributed by atoms with Crippen molar-refractivity contribution in [1.82, 2.24) is 0 Å². The number of rotatable bonds is 10. The topological polar surface area (TPSA) is 69.1 Å². The number of halogens is 3. The number of hydrogen-bond donors (Lipinski definition) is 2. The summed E-state index contributed by atoms with van der Waals surface area (Å²) in [6, 6.07) is 18.1. The molecule has 3 aromatic carbocycles. The van der Waals surface area contributed by atoms with Crippen LogP contribution in [0.2, 0.25) is 5.02 Å². The van der Waals surface area contributed by atoms with Gasteiger partial charge in [-0.1, -0.05) is 41.9 Å². The number of amides is 1. The molecule has 0 aromatic heterocycles. The van der Waals surface area contributed by atoms with E-state index in [2.05, 4.69) is 10.1 Å². The normalized spacial score (nSPS) is 11.7. The van der Waals surface area contributed by atoms with Crippen molar-refractivity contribution in [2.75, 3.05) is 26.0 Å². The Labute approximate surface area is 201 Å². The van der Waals surface area contributed by atoms with Crippen molar-refractivity contribution in [1.29, 1.82) is 0 Å². The van der Waals surface area contributed by atoms with Gasteiger partial charge in [-0.25, -0.2) is 0 Å². The van der Waals surface area contributed by atoms with E-state index in [0.717, 1.165) is 10.5 Å². The fourth-order valence-corrected chi connectivity index (χ4v) is 3.63. The number of ether oxygens (including phenoxy) is 2. The molecule has 3 aromatic rings. The molecule has 0 fully saturated rings. The molecular weight excluding hydrogens is 466 g/mol. The Morgan fingerprint density at radius 2 is 1.76 bits per heavy atom. The molecule has 0 saturated carbocycles. The quantitative estimate of drug-likeness (QED) is 0.425. The Morgan fingerprint density at radius 1 is 1.03 bits per heavy atom. The van der Waals surface area contributed by atoms with Gasteiger partial charge in [-0.15, -0.1) is 0 Å². The van der Waals surface area contributed by atoms with Crippen molar-refractivity contribution in [3.8, 4) is 11.5 Å². The predicted octanol–water partition coefficient (Wildman–Crippen LogP) is 3.83. The Bertz CT molecular complexity index is 1160. The first-order valence-corrected chi connectivity index (χ1v) is 10.8. The van der Waals surface area contributed by atoms with E-state index in [1.54, 1.807) is 48.5 Å². The third kappa shape index (κ3) is 6.76. The zero-order chi connectivity index (χ0) is 24.7. The minimum Gasteiger partial charge on any atom is -0.493 e. The maximum Gasteiger partial charge on any atom is 0.387 e. The molecule has 34 heavy (non-hydrogen) atoms. The number of benzene rings is 3. The van der Waals surface area contributed by atoms with E-state index in [1.807, 2.05) is 13.1 Å². The number of hydrogen-bond acceptors (Lipinski definition) is 4. The van der Waals surface area contributed by atoms with E-state index in [4.69, 9.17) is 16.3 Å². The van der Waals surface area contributed by atoms with Gasteiger partial charge in [0.1, 0.15) is 6.54 Å². The van der Waals surface area contributed by atoms with Gasteiger partial charge in [0.2, 0.25) is 0 Å². The highest BCUT2D eigenvalue weighted by Crippen LogP contribution is 2.29. The van der Waals surface area contributed by atoms with E-state index in [9.17, 15) is 18.4 Å². The molecule has 0 heterocycles. The van der Waals surface area contributed by atoms with E-state index in [0.29, 0.717) is 28.4 Å². The van der Waals surface area contributed by atoms with Crippen LogP contribution < -0.4 is 19.7 Å². The van der Waals surface area contributed by atoms with E-state index in [-0.39, 0.29) is 29.7 Å². The molecule has 2 N–H and O–H groups in total. The van der Waals surface area contributed by atoms with Crippen LogP contribution in [0.4, 0.5) is 14.5 Å². The van der Waals surface area contributed by atoms with Crippen molar-refractivity contribution in [2.24, 2.45) is 0 Å². The summed E-state index contributed by atoms with van der Waals surface area (Å²) < 4.78 is 34.6. The van der Waals surface area contributed by atoms with Crippen LogP contribution in [0.3, 0.4) is 0 Å². The van der Waals surface area contributed by atoms with E-state index in [1.165, 1.54) is 19.2 Å². The maximum atomic E-state index is 12.9. The second-order valence-electron chi connectivity index (χ2n) is 7.61. The lowest BCUT2D eigenvalue weighted by Gasteiger charge is -2.16. The van der Waals surface area contributed by atoms with Crippen LogP contribution >= 0.6 is 11.6 Å². The van der Waals surface area contributed by atoms with Crippen molar-refractivity contribution < 1.29 is 32.7 Å². The predicted molar refractivity (Wildman–Crippen MR) is 125 cm³/mol. The Hall–Kier alpha value is -3.49. The molecule has 0 saturated heterocycles. The lowest BCUT2D eigenvalue weighted by molar-refractivity contribution is -0.885. The van der Waals surface area contributed by atoms with Gasteiger partial charge in [-0.05, 0) is 36.4 Å². The van der Waals surface area contributed by atoms with Gasteiger partial charge in [0, 0.05) is 21.7 Å². The summed E-state index contributed by atoms with van der Waals surface area (Å²) in [5.41, 5.74) is 1.92. The smallest absolute Gasteiger partial charge is 0.387 e. The number of likely N-dealkylation sites (N-methyl/N-ethyl adjacent to an activating group) is 1. The number of carbonyl (C=O) groups excluding carboxylic acids is 2. The van der Waals surface area contributed by atoms with E-state index >= 15 is 0 Å². The Balaban J connectivity index is 1.67. The van der Waals surface area contributed by atoms with Crippen LogP contribution in [0.5, 0.6) is 11.5 Å². The molecule has 1 atom stereocenters. The Morgan fingerprint density at radius 3 is 2.44 bits per heavy atom. The zero-order valence-electron chi connectivity index (χ0n) is 18.6. The minimum atomic E-state index is -2.96. The summed E-state index contributed by atoms with van der Waals surface area (Å²) in [4.78, 5) is 26.5. The molecule has 0 aliphatic heterocycles. The van der Waals surface area contributed by atoms with Gasteiger partial charge < -0.3 is 19.7 Å². The van der Waals surface area contributed by atoms with Crippen molar-refractivity contribution >= 4 is 29.0 Å². The number of carbonyl (C=O) groups is 2. The lowest BCUT2D eigenvalue weighted by Crippen LogP contribution is -3.08. The summed E-state index contributed by atoms with van der Waals surface area (Å²) >= 11 is 6.09. The highest BCUT2D eigenvalue weighted by atomic mass is 35.5. The van der Waals surface area contributed by atoms with Gasteiger partial charge in [0.25, 0.3) is 5.91 Å². The second kappa shape index (κ2) is 11.6. The molecule has 0 bridgehead atoms. The maximum absolute atomic E-state index is 12.9.